The highest BCUT2D eigenvalue weighted by Crippen LogP contribution is 2.28. The molecule has 3 aromatic carbocycles. The average molecular weight is 377 g/mol. The number of hydrogen-bond acceptors (Lipinski definition) is 2. The molecule has 1 aliphatic rings. The summed E-state index contributed by atoms with van der Waals surface area (Å²) in [5, 5.41) is 0.575. The van der Waals surface area contributed by atoms with E-state index < -0.39 is 0 Å². The van der Waals surface area contributed by atoms with Gasteiger partial charge in [0.2, 0.25) is 0 Å². The van der Waals surface area contributed by atoms with E-state index in [1.54, 1.807) is 42.5 Å². The molecule has 1 aliphatic heterocycles. The van der Waals surface area contributed by atoms with Crippen LogP contribution in [0.4, 0.5) is 10.1 Å². The summed E-state index contributed by atoms with van der Waals surface area (Å²) in [6.07, 6.45) is 1.74. The van der Waals surface area contributed by atoms with Gasteiger partial charge in [0, 0.05) is 10.6 Å². The first-order valence-corrected chi connectivity index (χ1v) is 8.71. The minimum atomic E-state index is -0.346. The van der Waals surface area contributed by atoms with E-state index in [-0.39, 0.29) is 11.7 Å². The Morgan fingerprint density at radius 3 is 2.22 bits per heavy atom. The Morgan fingerprint density at radius 1 is 0.889 bits per heavy atom. The molecule has 5 heteroatoms. The summed E-state index contributed by atoms with van der Waals surface area (Å²) < 4.78 is 13.3. The first-order chi connectivity index (χ1) is 13.1. The number of carbonyl (C=O) groups excluding carboxylic acids is 1. The second-order valence-electron chi connectivity index (χ2n) is 6.00. The van der Waals surface area contributed by atoms with Gasteiger partial charge in [-0.3, -0.25) is 9.69 Å². The number of rotatable bonds is 3. The fourth-order valence-electron chi connectivity index (χ4n) is 2.85. The minimum Gasteiger partial charge on any atom is -0.266 e. The molecule has 0 aromatic heterocycles. The molecular weight excluding hydrogens is 363 g/mol. The van der Waals surface area contributed by atoms with Crippen LogP contribution in [0.15, 0.2) is 89.6 Å². The monoisotopic (exact) mass is 376 g/mol. The molecule has 0 radical (unpaired) electrons. The van der Waals surface area contributed by atoms with Gasteiger partial charge < -0.3 is 0 Å². The molecule has 0 N–H and O–H groups in total. The second-order valence-corrected chi connectivity index (χ2v) is 6.44. The smallest absolute Gasteiger partial charge is 0.266 e. The number of aliphatic imine (C=N–C) groups is 1. The van der Waals surface area contributed by atoms with Gasteiger partial charge in [0.1, 0.15) is 17.3 Å². The van der Waals surface area contributed by atoms with Crippen LogP contribution >= 0.6 is 11.6 Å². The maximum atomic E-state index is 13.3. The molecular formula is C22H14ClFN2O. The third kappa shape index (κ3) is 3.52. The van der Waals surface area contributed by atoms with Crippen molar-refractivity contribution in [2.75, 3.05) is 4.90 Å². The van der Waals surface area contributed by atoms with E-state index >= 15 is 0 Å². The van der Waals surface area contributed by atoms with E-state index in [2.05, 4.69) is 4.99 Å². The zero-order valence-electron chi connectivity index (χ0n) is 14.1. The Labute approximate surface area is 161 Å². The summed E-state index contributed by atoms with van der Waals surface area (Å²) in [5.74, 6) is -0.147. The van der Waals surface area contributed by atoms with Gasteiger partial charge in [-0.1, -0.05) is 41.9 Å². The van der Waals surface area contributed by atoms with Crippen molar-refractivity contribution >= 4 is 35.1 Å². The average Bonchev–Trinajstić information content (AvgIpc) is 3.00. The second kappa shape index (κ2) is 7.17. The van der Waals surface area contributed by atoms with E-state index in [4.69, 9.17) is 11.6 Å². The van der Waals surface area contributed by atoms with Crippen LogP contribution in [-0.2, 0) is 4.79 Å². The molecule has 3 aromatic rings. The molecule has 0 spiro atoms. The molecule has 0 saturated carbocycles. The van der Waals surface area contributed by atoms with Gasteiger partial charge in [-0.05, 0) is 60.2 Å². The van der Waals surface area contributed by atoms with Crippen molar-refractivity contribution < 1.29 is 9.18 Å². The predicted octanol–water partition coefficient (Wildman–Crippen LogP) is 5.31. The molecule has 4 rings (SSSR count). The van der Waals surface area contributed by atoms with Gasteiger partial charge in [0.15, 0.2) is 0 Å². The van der Waals surface area contributed by atoms with Crippen LogP contribution in [-0.4, -0.2) is 11.7 Å². The molecule has 0 unspecified atom stereocenters. The molecule has 3 nitrogen and oxygen atoms in total. The van der Waals surface area contributed by atoms with Crippen molar-refractivity contribution in [2.24, 2.45) is 4.99 Å². The van der Waals surface area contributed by atoms with Crippen molar-refractivity contribution in [3.63, 3.8) is 0 Å². The number of benzene rings is 3. The van der Waals surface area contributed by atoms with Crippen LogP contribution in [0.3, 0.4) is 0 Å². The highest BCUT2D eigenvalue weighted by atomic mass is 35.5. The molecule has 27 heavy (non-hydrogen) atoms. The van der Waals surface area contributed by atoms with Gasteiger partial charge in [-0.2, -0.15) is 0 Å². The topological polar surface area (TPSA) is 32.7 Å². The number of anilines is 1. The summed E-state index contributed by atoms with van der Waals surface area (Å²) in [7, 11) is 0. The summed E-state index contributed by atoms with van der Waals surface area (Å²) in [6.45, 7) is 0. The maximum absolute atomic E-state index is 13.3. The Balaban J connectivity index is 1.82. The van der Waals surface area contributed by atoms with Gasteiger partial charge in [0.25, 0.3) is 5.91 Å². The lowest BCUT2D eigenvalue weighted by atomic mass is 10.1. The van der Waals surface area contributed by atoms with Crippen LogP contribution < -0.4 is 4.90 Å². The lowest BCUT2D eigenvalue weighted by Crippen LogP contribution is -2.32. The quantitative estimate of drug-likeness (QED) is 0.570. The SMILES string of the molecule is O=C1/C(=C\c2ccccc2)N=C(c2ccc(F)cc2)N1c1ccc(Cl)cc1. The van der Waals surface area contributed by atoms with Crippen molar-refractivity contribution in [3.05, 3.63) is 107 Å². The Kier molecular flexibility index (Phi) is 4.57. The van der Waals surface area contributed by atoms with Crippen LogP contribution in [0.2, 0.25) is 5.02 Å². The normalized spacial score (nSPS) is 15.3. The Hall–Kier alpha value is -3.24. The summed E-state index contributed by atoms with van der Waals surface area (Å²) in [4.78, 5) is 19.1. The summed E-state index contributed by atoms with van der Waals surface area (Å²) in [6, 6.07) is 22.4. The number of nitrogens with zero attached hydrogens (tertiary/aromatic N) is 2. The number of hydrogen-bond donors (Lipinski definition) is 0. The zero-order valence-corrected chi connectivity index (χ0v) is 14.9. The van der Waals surface area contributed by atoms with Crippen molar-refractivity contribution in [2.45, 2.75) is 0 Å². The van der Waals surface area contributed by atoms with E-state index in [0.29, 0.717) is 27.8 Å². The number of carbonyl (C=O) groups is 1. The number of amidine groups is 1. The molecule has 1 heterocycles. The molecule has 0 atom stereocenters. The van der Waals surface area contributed by atoms with E-state index in [1.807, 2.05) is 30.3 Å². The summed E-state index contributed by atoms with van der Waals surface area (Å²) >= 11 is 5.97. The van der Waals surface area contributed by atoms with Gasteiger partial charge in [0.05, 0.1) is 5.69 Å². The largest absolute Gasteiger partial charge is 0.282 e. The molecule has 132 valence electrons. The molecule has 0 bridgehead atoms. The van der Waals surface area contributed by atoms with Crippen molar-refractivity contribution in [1.82, 2.24) is 0 Å². The van der Waals surface area contributed by atoms with Gasteiger partial charge in [-0.15, -0.1) is 0 Å². The third-order valence-corrected chi connectivity index (χ3v) is 4.40. The lowest BCUT2D eigenvalue weighted by Gasteiger charge is -2.18. The van der Waals surface area contributed by atoms with Crippen LogP contribution in [0.5, 0.6) is 0 Å². The highest BCUT2D eigenvalue weighted by molar-refractivity contribution is 6.33. The fourth-order valence-corrected chi connectivity index (χ4v) is 2.97. The van der Waals surface area contributed by atoms with E-state index in [0.717, 1.165) is 5.56 Å². The lowest BCUT2D eigenvalue weighted by molar-refractivity contribution is -0.113. The fraction of sp³-hybridized carbons (Fsp3) is 0. The Bertz CT molecular complexity index is 1040. The van der Waals surface area contributed by atoms with E-state index in [9.17, 15) is 9.18 Å². The highest BCUT2D eigenvalue weighted by Gasteiger charge is 2.32. The maximum Gasteiger partial charge on any atom is 0.282 e. The van der Waals surface area contributed by atoms with Crippen LogP contribution in [0, 0.1) is 5.82 Å². The molecule has 0 aliphatic carbocycles. The van der Waals surface area contributed by atoms with E-state index in [1.165, 1.54) is 17.0 Å². The molecule has 1 amide bonds. The van der Waals surface area contributed by atoms with Crippen LogP contribution in [0.1, 0.15) is 11.1 Å². The zero-order chi connectivity index (χ0) is 18.8. The number of halogens is 2. The number of amides is 1. The van der Waals surface area contributed by atoms with Crippen molar-refractivity contribution in [3.8, 4) is 0 Å². The predicted molar refractivity (Wildman–Crippen MR) is 106 cm³/mol. The molecule has 0 fully saturated rings. The van der Waals surface area contributed by atoms with Crippen molar-refractivity contribution in [1.29, 1.82) is 0 Å². The Morgan fingerprint density at radius 2 is 1.56 bits per heavy atom. The van der Waals surface area contributed by atoms with Gasteiger partial charge >= 0.3 is 0 Å². The van der Waals surface area contributed by atoms with Crippen LogP contribution in [0.25, 0.3) is 6.08 Å². The summed E-state index contributed by atoms with van der Waals surface area (Å²) in [5.41, 5.74) is 2.48. The minimum absolute atomic E-state index is 0.250. The van der Waals surface area contributed by atoms with Gasteiger partial charge in [-0.25, -0.2) is 9.38 Å². The molecule has 0 saturated heterocycles. The first-order valence-electron chi connectivity index (χ1n) is 8.33. The first kappa shape index (κ1) is 17.2. The third-order valence-electron chi connectivity index (χ3n) is 4.15. The standard InChI is InChI=1S/C22H14ClFN2O/c23-17-8-12-19(13-9-17)26-21(16-6-10-18(24)11-7-16)25-20(22(26)27)14-15-4-2-1-3-5-15/h1-14H/b20-14+.